The number of hydrogen-bond acceptors (Lipinski definition) is 2. The summed E-state index contributed by atoms with van der Waals surface area (Å²) >= 11 is 0. The van der Waals surface area contributed by atoms with Crippen LogP contribution in [0.15, 0.2) is 0 Å². The van der Waals surface area contributed by atoms with Gasteiger partial charge in [0.25, 0.3) is 0 Å². The summed E-state index contributed by atoms with van der Waals surface area (Å²) in [5, 5.41) is 0. The van der Waals surface area contributed by atoms with E-state index in [1.165, 1.54) is 0 Å². The van der Waals surface area contributed by atoms with Gasteiger partial charge in [-0.3, -0.25) is 9.69 Å². The van der Waals surface area contributed by atoms with Crippen molar-refractivity contribution in [3.8, 4) is 0 Å². The molecule has 0 N–H and O–H groups in total. The molecule has 0 aliphatic carbocycles. The fraction of sp³-hybridized carbons (Fsp3) is 0.917. The average molecular weight is 212 g/mol. The molecule has 1 aliphatic rings. The van der Waals surface area contributed by atoms with Crippen LogP contribution in [0.5, 0.6) is 0 Å². The SMILES string of the molecule is CCCN1CCN(CCC(C)C)C(=O)C1. The van der Waals surface area contributed by atoms with Crippen LogP contribution in [0.2, 0.25) is 0 Å². The second-order valence-electron chi connectivity index (χ2n) is 4.84. The van der Waals surface area contributed by atoms with Gasteiger partial charge in [-0.2, -0.15) is 0 Å². The van der Waals surface area contributed by atoms with Gasteiger partial charge in [-0.15, -0.1) is 0 Å². The van der Waals surface area contributed by atoms with Gasteiger partial charge in [0.15, 0.2) is 0 Å². The Labute approximate surface area is 93.4 Å². The molecule has 1 fully saturated rings. The molecule has 0 radical (unpaired) electrons. The van der Waals surface area contributed by atoms with Crippen LogP contribution >= 0.6 is 0 Å². The van der Waals surface area contributed by atoms with Gasteiger partial charge >= 0.3 is 0 Å². The highest BCUT2D eigenvalue weighted by atomic mass is 16.2. The molecule has 1 aliphatic heterocycles. The number of amides is 1. The van der Waals surface area contributed by atoms with E-state index in [9.17, 15) is 4.79 Å². The van der Waals surface area contributed by atoms with Gasteiger partial charge in [0, 0.05) is 19.6 Å². The van der Waals surface area contributed by atoms with E-state index in [1.54, 1.807) is 0 Å². The van der Waals surface area contributed by atoms with Crippen molar-refractivity contribution < 1.29 is 4.79 Å². The van der Waals surface area contributed by atoms with Crippen LogP contribution < -0.4 is 0 Å². The van der Waals surface area contributed by atoms with E-state index in [-0.39, 0.29) is 0 Å². The minimum absolute atomic E-state index is 0.315. The average Bonchev–Trinajstić information content (AvgIpc) is 2.17. The maximum absolute atomic E-state index is 11.8. The summed E-state index contributed by atoms with van der Waals surface area (Å²) in [6, 6.07) is 0. The Morgan fingerprint density at radius 3 is 2.53 bits per heavy atom. The van der Waals surface area contributed by atoms with Crippen LogP contribution in [-0.2, 0) is 4.79 Å². The Morgan fingerprint density at radius 2 is 2.00 bits per heavy atom. The second-order valence-corrected chi connectivity index (χ2v) is 4.84. The third-order valence-corrected chi connectivity index (χ3v) is 2.91. The lowest BCUT2D eigenvalue weighted by molar-refractivity contribution is -0.136. The first-order valence-corrected chi connectivity index (χ1v) is 6.13. The Bertz CT molecular complexity index is 204. The molecule has 1 amide bonds. The Balaban J connectivity index is 2.29. The molecule has 0 unspecified atom stereocenters. The maximum atomic E-state index is 11.8. The molecule has 3 nitrogen and oxygen atoms in total. The molecule has 0 spiro atoms. The summed E-state index contributed by atoms with van der Waals surface area (Å²) in [5.74, 6) is 1.00. The van der Waals surface area contributed by atoms with Crippen LogP contribution in [-0.4, -0.2) is 48.4 Å². The highest BCUT2D eigenvalue weighted by Crippen LogP contribution is 2.07. The largest absolute Gasteiger partial charge is 0.340 e. The van der Waals surface area contributed by atoms with Gasteiger partial charge in [-0.1, -0.05) is 20.8 Å². The third-order valence-electron chi connectivity index (χ3n) is 2.91. The summed E-state index contributed by atoms with van der Waals surface area (Å²) in [6.07, 6.45) is 2.26. The molecule has 1 saturated heterocycles. The predicted octanol–water partition coefficient (Wildman–Crippen LogP) is 1.59. The molecule has 0 aromatic carbocycles. The van der Waals surface area contributed by atoms with E-state index >= 15 is 0 Å². The van der Waals surface area contributed by atoms with Crippen molar-refractivity contribution in [3.63, 3.8) is 0 Å². The zero-order chi connectivity index (χ0) is 11.3. The summed E-state index contributed by atoms with van der Waals surface area (Å²) < 4.78 is 0. The number of piperazine rings is 1. The topological polar surface area (TPSA) is 23.6 Å². The maximum Gasteiger partial charge on any atom is 0.236 e. The van der Waals surface area contributed by atoms with Gasteiger partial charge in [0.2, 0.25) is 5.91 Å². The van der Waals surface area contributed by atoms with E-state index < -0.39 is 0 Å². The highest BCUT2D eigenvalue weighted by molar-refractivity contribution is 5.79. The van der Waals surface area contributed by atoms with E-state index in [0.29, 0.717) is 18.4 Å². The predicted molar refractivity (Wildman–Crippen MR) is 62.8 cm³/mol. The fourth-order valence-electron chi connectivity index (χ4n) is 1.91. The third kappa shape index (κ3) is 4.20. The van der Waals surface area contributed by atoms with Crippen molar-refractivity contribution in [1.82, 2.24) is 9.80 Å². The molecule has 1 rings (SSSR count). The Kier molecular flexibility index (Phi) is 5.09. The van der Waals surface area contributed by atoms with Gasteiger partial charge < -0.3 is 4.90 Å². The first-order chi connectivity index (χ1) is 7.13. The second kappa shape index (κ2) is 6.11. The molecule has 3 heteroatoms. The van der Waals surface area contributed by atoms with Gasteiger partial charge in [0.05, 0.1) is 6.54 Å². The lowest BCUT2D eigenvalue weighted by Gasteiger charge is -2.34. The molecule has 0 saturated carbocycles. The summed E-state index contributed by atoms with van der Waals surface area (Å²) in [6.45, 7) is 11.2. The van der Waals surface area contributed by atoms with Crippen LogP contribution in [0, 0.1) is 5.92 Å². The van der Waals surface area contributed by atoms with Crippen LogP contribution in [0.25, 0.3) is 0 Å². The molecule has 0 bridgehead atoms. The summed E-state index contributed by atoms with van der Waals surface area (Å²) in [4.78, 5) is 16.1. The Hall–Kier alpha value is -0.570. The first-order valence-electron chi connectivity index (χ1n) is 6.13. The lowest BCUT2D eigenvalue weighted by Crippen LogP contribution is -2.50. The van der Waals surface area contributed by atoms with Crippen molar-refractivity contribution in [2.24, 2.45) is 5.92 Å². The van der Waals surface area contributed by atoms with E-state index in [0.717, 1.165) is 39.0 Å². The van der Waals surface area contributed by atoms with Gasteiger partial charge in [-0.25, -0.2) is 0 Å². The van der Waals surface area contributed by atoms with Crippen LogP contribution in [0.1, 0.15) is 33.6 Å². The molecular formula is C12H24N2O. The monoisotopic (exact) mass is 212 g/mol. The zero-order valence-corrected chi connectivity index (χ0v) is 10.3. The van der Waals surface area contributed by atoms with Crippen LogP contribution in [0.3, 0.4) is 0 Å². The molecule has 0 aromatic rings. The number of rotatable bonds is 5. The molecule has 0 atom stereocenters. The quantitative estimate of drug-likeness (QED) is 0.691. The van der Waals surface area contributed by atoms with Crippen molar-refractivity contribution >= 4 is 5.91 Å². The van der Waals surface area contributed by atoms with Crippen molar-refractivity contribution in [3.05, 3.63) is 0 Å². The van der Waals surface area contributed by atoms with E-state index in [2.05, 4.69) is 25.7 Å². The smallest absolute Gasteiger partial charge is 0.236 e. The summed E-state index contributed by atoms with van der Waals surface area (Å²) in [7, 11) is 0. The number of hydrogen-bond donors (Lipinski definition) is 0. The van der Waals surface area contributed by atoms with Crippen molar-refractivity contribution in [2.45, 2.75) is 33.6 Å². The van der Waals surface area contributed by atoms with Crippen molar-refractivity contribution in [1.29, 1.82) is 0 Å². The number of nitrogens with zero attached hydrogens (tertiary/aromatic N) is 2. The molecule has 1 heterocycles. The normalized spacial score (nSPS) is 18.9. The molecular weight excluding hydrogens is 188 g/mol. The molecule has 88 valence electrons. The van der Waals surface area contributed by atoms with Crippen LogP contribution in [0.4, 0.5) is 0 Å². The summed E-state index contributed by atoms with van der Waals surface area (Å²) in [5.41, 5.74) is 0. The van der Waals surface area contributed by atoms with Crippen molar-refractivity contribution in [2.75, 3.05) is 32.7 Å². The molecule has 15 heavy (non-hydrogen) atoms. The number of carbonyl (C=O) groups is 1. The minimum atomic E-state index is 0.315. The van der Waals surface area contributed by atoms with E-state index in [1.807, 2.05) is 4.90 Å². The first kappa shape index (κ1) is 12.5. The minimum Gasteiger partial charge on any atom is -0.340 e. The van der Waals surface area contributed by atoms with Gasteiger partial charge in [-0.05, 0) is 25.3 Å². The number of carbonyl (C=O) groups excluding carboxylic acids is 1. The zero-order valence-electron chi connectivity index (χ0n) is 10.3. The Morgan fingerprint density at radius 1 is 1.27 bits per heavy atom. The van der Waals surface area contributed by atoms with Gasteiger partial charge in [0.1, 0.15) is 0 Å². The highest BCUT2D eigenvalue weighted by Gasteiger charge is 2.22. The van der Waals surface area contributed by atoms with E-state index in [4.69, 9.17) is 0 Å². The standard InChI is InChI=1S/C12H24N2O/c1-4-6-13-8-9-14(12(15)10-13)7-5-11(2)3/h11H,4-10H2,1-3H3. The fourth-order valence-corrected chi connectivity index (χ4v) is 1.91. The lowest BCUT2D eigenvalue weighted by atomic mass is 10.1. The molecule has 0 aromatic heterocycles.